The van der Waals surface area contributed by atoms with Crippen LogP contribution in [0.5, 0.6) is 0 Å². The summed E-state index contributed by atoms with van der Waals surface area (Å²) in [5.41, 5.74) is -1.51. The predicted molar refractivity (Wildman–Crippen MR) is 55.3 cm³/mol. The van der Waals surface area contributed by atoms with Crippen molar-refractivity contribution in [3.8, 4) is 0 Å². The van der Waals surface area contributed by atoms with Gasteiger partial charge in [0.15, 0.2) is 29.9 Å². The molecule has 0 aliphatic heterocycles. The number of amides is 1. The molecule has 0 fully saturated rings. The van der Waals surface area contributed by atoms with Gasteiger partial charge in [0, 0.05) is 20.2 Å². The van der Waals surface area contributed by atoms with Gasteiger partial charge in [0.2, 0.25) is 0 Å². The van der Waals surface area contributed by atoms with Crippen LogP contribution in [0.4, 0.5) is 17.6 Å². The van der Waals surface area contributed by atoms with Gasteiger partial charge in [-0.25, -0.2) is 22.4 Å². The first kappa shape index (κ1) is 14.9. The molecule has 0 aliphatic carbocycles. The van der Waals surface area contributed by atoms with E-state index in [2.05, 4.69) is 4.74 Å². The Balaban J connectivity index is 2.98. The molecule has 0 bridgehead atoms. The lowest BCUT2D eigenvalue weighted by Crippen LogP contribution is -2.28. The predicted octanol–water partition coefficient (Wildman–Crippen LogP) is 1.49. The van der Waals surface area contributed by atoms with Crippen molar-refractivity contribution in [2.24, 2.45) is 0 Å². The van der Waals surface area contributed by atoms with Crippen LogP contribution in [0.2, 0.25) is 0 Å². The highest BCUT2D eigenvalue weighted by atomic mass is 19.2. The molecular formula is C11H9F4NO3. The third kappa shape index (κ3) is 3.21. The summed E-state index contributed by atoms with van der Waals surface area (Å²) in [5, 5.41) is 0. The highest BCUT2D eigenvalue weighted by Crippen LogP contribution is 2.20. The summed E-state index contributed by atoms with van der Waals surface area (Å²) >= 11 is 0. The minimum atomic E-state index is -1.87. The number of ether oxygens (including phenoxy) is 1. The fourth-order valence-corrected chi connectivity index (χ4v) is 1.08. The van der Waals surface area contributed by atoms with Gasteiger partial charge in [-0.1, -0.05) is 0 Å². The Morgan fingerprint density at radius 3 is 2.00 bits per heavy atom. The van der Waals surface area contributed by atoms with E-state index in [1.54, 1.807) is 0 Å². The second-order valence-corrected chi connectivity index (χ2v) is 3.71. The Morgan fingerprint density at radius 2 is 1.58 bits per heavy atom. The zero-order valence-corrected chi connectivity index (χ0v) is 9.97. The van der Waals surface area contributed by atoms with Crippen molar-refractivity contribution in [2.45, 2.75) is 0 Å². The van der Waals surface area contributed by atoms with Gasteiger partial charge in [-0.3, -0.25) is 4.79 Å². The molecule has 1 aromatic rings. The van der Waals surface area contributed by atoms with E-state index < -0.39 is 47.3 Å². The lowest BCUT2D eigenvalue weighted by atomic mass is 10.2. The molecule has 0 aromatic heterocycles. The summed E-state index contributed by atoms with van der Waals surface area (Å²) in [6, 6.07) is -0.0353. The van der Waals surface area contributed by atoms with Crippen molar-refractivity contribution in [3.63, 3.8) is 0 Å². The van der Waals surface area contributed by atoms with Crippen LogP contribution in [0.25, 0.3) is 0 Å². The number of carbonyl (C=O) groups is 2. The van der Waals surface area contributed by atoms with E-state index in [4.69, 9.17) is 0 Å². The van der Waals surface area contributed by atoms with E-state index in [-0.39, 0.29) is 6.07 Å². The van der Waals surface area contributed by atoms with Crippen molar-refractivity contribution in [1.29, 1.82) is 0 Å². The smallest absolute Gasteiger partial charge is 0.344 e. The molecule has 8 heteroatoms. The number of halogens is 4. The third-order valence-electron chi connectivity index (χ3n) is 2.14. The second kappa shape index (κ2) is 5.68. The molecule has 0 heterocycles. The first-order valence-electron chi connectivity index (χ1n) is 4.96. The lowest BCUT2D eigenvalue weighted by molar-refractivity contribution is -0.131. The normalized spacial score (nSPS) is 10.2. The maximum absolute atomic E-state index is 13.2. The highest BCUT2D eigenvalue weighted by Gasteiger charge is 2.26. The minimum Gasteiger partial charge on any atom is -0.452 e. The molecule has 0 saturated heterocycles. The standard InChI is InChI=1S/C11H9F4NO3/c1-16(2)7(17)4-19-11(18)8-9(14)5(12)3-6(13)10(8)15/h3H,4H2,1-2H3. The number of hydrogen-bond donors (Lipinski definition) is 0. The van der Waals surface area contributed by atoms with Crippen LogP contribution in [-0.2, 0) is 9.53 Å². The van der Waals surface area contributed by atoms with Crippen LogP contribution >= 0.6 is 0 Å². The van der Waals surface area contributed by atoms with E-state index in [1.165, 1.54) is 14.1 Å². The Bertz CT molecular complexity index is 505. The number of likely N-dealkylation sites (N-methyl/N-ethyl adjacent to an activating group) is 1. The maximum atomic E-state index is 13.2. The maximum Gasteiger partial charge on any atom is 0.344 e. The van der Waals surface area contributed by atoms with Gasteiger partial charge in [0.25, 0.3) is 5.91 Å². The first-order chi connectivity index (χ1) is 8.75. The molecule has 0 aliphatic rings. The molecule has 0 N–H and O–H groups in total. The number of rotatable bonds is 3. The molecule has 104 valence electrons. The zero-order chi connectivity index (χ0) is 14.7. The van der Waals surface area contributed by atoms with Crippen LogP contribution in [0.3, 0.4) is 0 Å². The fraction of sp³-hybridized carbons (Fsp3) is 0.273. The molecule has 0 unspecified atom stereocenters. The van der Waals surface area contributed by atoms with Crippen molar-refractivity contribution in [1.82, 2.24) is 4.90 Å². The third-order valence-corrected chi connectivity index (χ3v) is 2.14. The van der Waals surface area contributed by atoms with Gasteiger partial charge in [-0.05, 0) is 0 Å². The summed E-state index contributed by atoms with van der Waals surface area (Å²) in [7, 11) is 2.72. The van der Waals surface area contributed by atoms with Gasteiger partial charge < -0.3 is 9.64 Å². The molecule has 0 spiro atoms. The number of nitrogens with zero attached hydrogens (tertiary/aromatic N) is 1. The summed E-state index contributed by atoms with van der Waals surface area (Å²) in [4.78, 5) is 23.5. The summed E-state index contributed by atoms with van der Waals surface area (Å²) in [5.74, 6) is -9.54. The molecular weight excluding hydrogens is 270 g/mol. The van der Waals surface area contributed by atoms with Gasteiger partial charge in [0.1, 0.15) is 5.56 Å². The lowest BCUT2D eigenvalue weighted by Gasteiger charge is -2.11. The van der Waals surface area contributed by atoms with Crippen molar-refractivity contribution in [2.75, 3.05) is 20.7 Å². The molecule has 0 saturated carbocycles. The summed E-state index contributed by atoms with van der Waals surface area (Å²) in [6.45, 7) is -0.803. The number of benzene rings is 1. The van der Waals surface area contributed by atoms with Crippen molar-refractivity contribution >= 4 is 11.9 Å². The Hall–Kier alpha value is -2.12. The quantitative estimate of drug-likeness (QED) is 0.478. The Labute approximate surface area is 105 Å². The van der Waals surface area contributed by atoms with E-state index >= 15 is 0 Å². The summed E-state index contributed by atoms with van der Waals surface area (Å²) in [6.07, 6.45) is 0. The van der Waals surface area contributed by atoms with E-state index in [0.29, 0.717) is 0 Å². The second-order valence-electron chi connectivity index (χ2n) is 3.71. The monoisotopic (exact) mass is 279 g/mol. The van der Waals surface area contributed by atoms with Crippen LogP contribution in [-0.4, -0.2) is 37.5 Å². The zero-order valence-electron chi connectivity index (χ0n) is 9.97. The minimum absolute atomic E-state index is 0.0353. The van der Waals surface area contributed by atoms with Crippen LogP contribution in [0.15, 0.2) is 6.07 Å². The van der Waals surface area contributed by atoms with Crippen LogP contribution in [0.1, 0.15) is 10.4 Å². The van der Waals surface area contributed by atoms with Crippen molar-refractivity contribution < 1.29 is 31.9 Å². The molecule has 19 heavy (non-hydrogen) atoms. The topological polar surface area (TPSA) is 46.6 Å². The van der Waals surface area contributed by atoms with Crippen LogP contribution in [0, 0.1) is 23.3 Å². The van der Waals surface area contributed by atoms with Gasteiger partial charge in [-0.15, -0.1) is 0 Å². The highest BCUT2D eigenvalue weighted by molar-refractivity contribution is 5.91. The Kier molecular flexibility index (Phi) is 4.47. The molecule has 4 nitrogen and oxygen atoms in total. The molecule has 0 atom stereocenters. The van der Waals surface area contributed by atoms with Crippen molar-refractivity contribution in [3.05, 3.63) is 34.9 Å². The SMILES string of the molecule is CN(C)C(=O)COC(=O)c1c(F)c(F)cc(F)c1F. The van der Waals surface area contributed by atoms with Gasteiger partial charge >= 0.3 is 5.97 Å². The van der Waals surface area contributed by atoms with Gasteiger partial charge in [0.05, 0.1) is 0 Å². The fourth-order valence-electron chi connectivity index (χ4n) is 1.08. The van der Waals surface area contributed by atoms with Gasteiger partial charge in [-0.2, -0.15) is 0 Å². The molecule has 1 aromatic carbocycles. The molecule has 1 amide bonds. The van der Waals surface area contributed by atoms with E-state index in [1.807, 2.05) is 0 Å². The van der Waals surface area contributed by atoms with E-state index in [0.717, 1.165) is 4.90 Å². The largest absolute Gasteiger partial charge is 0.452 e. The molecule has 0 radical (unpaired) electrons. The van der Waals surface area contributed by atoms with Crippen LogP contribution < -0.4 is 0 Å². The average molecular weight is 279 g/mol. The Morgan fingerprint density at radius 1 is 1.11 bits per heavy atom. The number of esters is 1. The summed E-state index contributed by atoms with van der Waals surface area (Å²) < 4.78 is 56.4. The van der Waals surface area contributed by atoms with E-state index in [9.17, 15) is 27.2 Å². The first-order valence-corrected chi connectivity index (χ1v) is 4.96. The number of carbonyl (C=O) groups excluding carboxylic acids is 2. The average Bonchev–Trinajstić information content (AvgIpc) is 2.33. The molecule has 1 rings (SSSR count). The number of hydrogen-bond acceptors (Lipinski definition) is 3.